The quantitative estimate of drug-likeness (QED) is 0.202. The molecule has 0 N–H and O–H groups in total. The largest absolute Gasteiger partial charge is 0.505 e. The number of hydrogen-bond donors (Lipinski definition) is 0. The van der Waals surface area contributed by atoms with Crippen molar-refractivity contribution in [3.8, 4) is 31.7 Å². The normalized spacial score (nSPS) is 24.1. The zero-order valence-corrected chi connectivity index (χ0v) is 30.6. The van der Waals surface area contributed by atoms with Gasteiger partial charge in [0.1, 0.15) is 22.7 Å². The third-order valence-corrected chi connectivity index (χ3v) is 14.3. The van der Waals surface area contributed by atoms with Crippen LogP contribution >= 0.6 is 34.0 Å². The number of benzene rings is 1. The highest BCUT2D eigenvalue weighted by molar-refractivity contribution is 7.30. The molecule has 4 aromatic rings. The van der Waals surface area contributed by atoms with E-state index in [0.717, 1.165) is 30.8 Å². The monoisotopic (exact) mass is 662 g/mol. The van der Waals surface area contributed by atoms with Gasteiger partial charge < -0.3 is 28.1 Å². The van der Waals surface area contributed by atoms with Crippen LogP contribution in [0.25, 0.3) is 30.3 Å². The summed E-state index contributed by atoms with van der Waals surface area (Å²) in [6.07, 6.45) is 0. The third-order valence-electron chi connectivity index (χ3n) is 10.6. The fourth-order valence-electron chi connectivity index (χ4n) is 6.79. The lowest BCUT2D eigenvalue weighted by Gasteiger charge is -2.34. The SMILES string of the molecule is CC1(C)Oc2cc(B3OC(C)(C)C(C)(C)O3)sc2-c2sc3c4c(ccc3c21)-c1sc(B2OC(C)(C)C(C)(C)O2)cc1OC4(C)C. The predicted octanol–water partition coefficient (Wildman–Crippen LogP) is 8.21. The molecule has 6 nitrogen and oxygen atoms in total. The summed E-state index contributed by atoms with van der Waals surface area (Å²) < 4.78 is 42.5. The van der Waals surface area contributed by atoms with Gasteiger partial charge in [-0.2, -0.15) is 0 Å². The van der Waals surface area contributed by atoms with E-state index in [4.69, 9.17) is 28.1 Å². The molecule has 1 aromatic carbocycles. The van der Waals surface area contributed by atoms with E-state index in [1.54, 1.807) is 22.7 Å². The van der Waals surface area contributed by atoms with Crippen molar-refractivity contribution >= 4 is 67.9 Å². The second-order valence-electron chi connectivity index (χ2n) is 15.8. The molecule has 0 unspecified atom stereocenters. The zero-order chi connectivity index (χ0) is 32.3. The van der Waals surface area contributed by atoms with E-state index in [1.807, 2.05) is 11.3 Å². The number of ether oxygens (including phenoxy) is 2. The first kappa shape index (κ1) is 30.5. The summed E-state index contributed by atoms with van der Waals surface area (Å²) >= 11 is 5.27. The highest BCUT2D eigenvalue weighted by atomic mass is 32.1. The first-order valence-corrected chi connectivity index (χ1v) is 18.1. The standard InChI is InChI=1S/C34H40B2O6S3/c1-29(2)23-17(25-19(37-29)15-21(43-25)35-39-31(5,6)32(7,8)40-35)13-14-18-24-28(45-26(18)23)27-20(38-30(24,3)4)16-22(44-27)36-41-33(9,10)34(11,12)42-36/h13-16H,1-12H3. The number of thiophene rings is 3. The molecular formula is C34H40B2O6S3. The molecule has 2 saturated heterocycles. The third kappa shape index (κ3) is 4.20. The molecule has 8 rings (SSSR count). The van der Waals surface area contributed by atoms with Crippen molar-refractivity contribution in [2.75, 3.05) is 0 Å². The minimum absolute atomic E-state index is 0.403. The molecule has 0 bridgehead atoms. The van der Waals surface area contributed by atoms with Crippen molar-refractivity contribution in [2.24, 2.45) is 0 Å². The maximum absolute atomic E-state index is 6.81. The van der Waals surface area contributed by atoms with Crippen molar-refractivity contribution < 1.29 is 28.1 Å². The minimum Gasteiger partial charge on any atom is -0.482 e. The average molecular weight is 663 g/mol. The predicted molar refractivity (Wildman–Crippen MR) is 187 cm³/mol. The summed E-state index contributed by atoms with van der Waals surface area (Å²) in [4.78, 5) is 3.51. The Balaban J connectivity index is 1.25. The Bertz CT molecular complexity index is 1880. The topological polar surface area (TPSA) is 55.4 Å². The molecule has 236 valence electrons. The highest BCUT2D eigenvalue weighted by Gasteiger charge is 2.54. The molecule has 4 aliphatic rings. The van der Waals surface area contributed by atoms with Gasteiger partial charge in [-0.25, -0.2) is 0 Å². The van der Waals surface area contributed by atoms with Crippen molar-refractivity contribution in [1.29, 1.82) is 0 Å². The molecule has 0 amide bonds. The Hall–Kier alpha value is -1.85. The number of fused-ring (bicyclic) bond motifs is 9. The molecule has 2 fully saturated rings. The second-order valence-corrected chi connectivity index (χ2v) is 18.9. The van der Waals surface area contributed by atoms with E-state index in [1.165, 1.54) is 31.7 Å². The van der Waals surface area contributed by atoms with Gasteiger partial charge in [0, 0.05) is 36.3 Å². The molecule has 0 atom stereocenters. The molecule has 11 heteroatoms. The second kappa shape index (κ2) is 8.98. The van der Waals surface area contributed by atoms with Crippen LogP contribution in [0.5, 0.6) is 11.5 Å². The number of rotatable bonds is 2. The van der Waals surface area contributed by atoms with E-state index in [0.29, 0.717) is 0 Å². The molecular weight excluding hydrogens is 622 g/mol. The Morgan fingerprint density at radius 2 is 0.956 bits per heavy atom. The lowest BCUT2D eigenvalue weighted by Crippen LogP contribution is -2.41. The maximum Gasteiger partial charge on any atom is 0.505 e. The van der Waals surface area contributed by atoms with E-state index in [9.17, 15) is 0 Å². The van der Waals surface area contributed by atoms with Gasteiger partial charge in [-0.3, -0.25) is 0 Å². The fourth-order valence-corrected chi connectivity index (χ4v) is 10.7. The summed E-state index contributed by atoms with van der Waals surface area (Å²) in [7, 11) is -0.849. The van der Waals surface area contributed by atoms with Crippen LogP contribution in [0.3, 0.4) is 0 Å². The first-order chi connectivity index (χ1) is 20.7. The van der Waals surface area contributed by atoms with Crippen LogP contribution in [0.2, 0.25) is 0 Å². The van der Waals surface area contributed by atoms with Crippen LogP contribution in [0.4, 0.5) is 0 Å². The van der Waals surface area contributed by atoms with Crippen LogP contribution in [-0.2, 0) is 29.8 Å². The lowest BCUT2D eigenvalue weighted by atomic mass is 9.84. The molecule has 0 radical (unpaired) electrons. The van der Waals surface area contributed by atoms with Crippen LogP contribution < -0.4 is 19.0 Å². The molecule has 0 spiro atoms. The summed E-state index contributed by atoms with van der Waals surface area (Å²) in [5, 5.41) is 1.22. The smallest absolute Gasteiger partial charge is 0.482 e. The number of hydrogen-bond acceptors (Lipinski definition) is 9. The van der Waals surface area contributed by atoms with E-state index >= 15 is 0 Å². The van der Waals surface area contributed by atoms with Gasteiger partial charge in [-0.05, 0) is 95.2 Å². The van der Waals surface area contributed by atoms with Crippen LogP contribution in [0.1, 0.15) is 94.2 Å². The lowest BCUT2D eigenvalue weighted by molar-refractivity contribution is 0.00578. The van der Waals surface area contributed by atoms with Gasteiger partial charge in [0.05, 0.1) is 37.0 Å². The summed E-state index contributed by atoms with van der Waals surface area (Å²) in [6, 6.07) is 8.79. The summed E-state index contributed by atoms with van der Waals surface area (Å²) in [5.41, 5.74) is 0.988. The van der Waals surface area contributed by atoms with Crippen LogP contribution in [0.15, 0.2) is 24.3 Å². The minimum atomic E-state index is -0.541. The Morgan fingerprint density at radius 3 is 1.47 bits per heavy atom. The van der Waals surface area contributed by atoms with Gasteiger partial charge in [0.15, 0.2) is 0 Å². The molecule has 0 saturated carbocycles. The molecule has 7 heterocycles. The maximum atomic E-state index is 6.81. The Kier molecular flexibility index (Phi) is 6.08. The van der Waals surface area contributed by atoms with E-state index in [-0.39, 0.29) is 0 Å². The molecule has 3 aromatic heterocycles. The molecule has 45 heavy (non-hydrogen) atoms. The van der Waals surface area contributed by atoms with Gasteiger partial charge in [-0.15, -0.1) is 34.0 Å². The highest BCUT2D eigenvalue weighted by Crippen LogP contribution is 2.58. The van der Waals surface area contributed by atoms with Gasteiger partial charge >= 0.3 is 14.2 Å². The average Bonchev–Trinajstić information content (AvgIpc) is 3.66. The Labute approximate surface area is 278 Å². The zero-order valence-electron chi connectivity index (χ0n) is 28.1. The van der Waals surface area contributed by atoms with Gasteiger partial charge in [-0.1, -0.05) is 12.1 Å². The molecule has 4 aliphatic heterocycles. The van der Waals surface area contributed by atoms with Crippen molar-refractivity contribution in [1.82, 2.24) is 0 Å². The van der Waals surface area contributed by atoms with Gasteiger partial charge in [0.2, 0.25) is 0 Å². The van der Waals surface area contributed by atoms with Crippen molar-refractivity contribution in [3.63, 3.8) is 0 Å². The first-order valence-electron chi connectivity index (χ1n) is 15.7. The molecule has 0 aliphatic carbocycles. The Morgan fingerprint density at radius 1 is 0.511 bits per heavy atom. The van der Waals surface area contributed by atoms with Crippen LogP contribution in [0, 0.1) is 0 Å². The van der Waals surface area contributed by atoms with Crippen LogP contribution in [-0.4, -0.2) is 36.6 Å². The van der Waals surface area contributed by atoms with Gasteiger partial charge in [0.25, 0.3) is 0 Å². The fraction of sp³-hybridized carbons (Fsp3) is 0.529. The van der Waals surface area contributed by atoms with E-state index < -0.39 is 47.8 Å². The summed E-state index contributed by atoms with van der Waals surface area (Å²) in [6.45, 7) is 25.4. The van der Waals surface area contributed by atoms with Crippen molar-refractivity contribution in [3.05, 3.63) is 35.4 Å². The van der Waals surface area contributed by atoms with E-state index in [2.05, 4.69) is 107 Å². The summed E-state index contributed by atoms with van der Waals surface area (Å²) in [5.74, 6) is 1.78. The van der Waals surface area contributed by atoms with Crippen molar-refractivity contribution in [2.45, 2.75) is 117 Å².